The highest BCUT2D eigenvalue weighted by Crippen LogP contribution is 2.13. The van der Waals surface area contributed by atoms with Gasteiger partial charge in [0.15, 0.2) is 5.43 Å². The summed E-state index contributed by atoms with van der Waals surface area (Å²) in [5, 5.41) is 2.66. The van der Waals surface area contributed by atoms with Crippen LogP contribution in [0.25, 0.3) is 11.0 Å². The van der Waals surface area contributed by atoms with Crippen LogP contribution in [-0.2, 0) is 4.79 Å². The average molecular weight is 188 g/mol. The maximum atomic E-state index is 11.4. The van der Waals surface area contributed by atoms with Gasteiger partial charge in [0.05, 0.1) is 5.39 Å². The van der Waals surface area contributed by atoms with Crippen molar-refractivity contribution in [2.75, 3.05) is 5.32 Å². The maximum absolute atomic E-state index is 11.4. The molecule has 0 unspecified atom stereocenters. The molecule has 4 heteroatoms. The number of rotatable bonds is 2. The van der Waals surface area contributed by atoms with Gasteiger partial charge < -0.3 is 4.42 Å². The molecule has 0 saturated carbocycles. The van der Waals surface area contributed by atoms with Gasteiger partial charge in [0.1, 0.15) is 5.58 Å². The lowest BCUT2D eigenvalue weighted by atomic mass is 10.2. The van der Waals surface area contributed by atoms with Crippen LogP contribution < -0.4 is 10.7 Å². The molecule has 2 aromatic rings. The molecule has 1 aromatic carbocycles. The maximum Gasteiger partial charge on any atom is 0.316 e. The number of carbonyl (C=O) groups excluding carboxylic acids is 1. The Morgan fingerprint density at radius 1 is 1.29 bits per heavy atom. The normalized spacial score (nSPS) is 10.0. The fraction of sp³-hybridized carbons (Fsp3) is 0. The van der Waals surface area contributed by atoms with E-state index in [0.29, 0.717) is 11.0 Å². The van der Waals surface area contributed by atoms with E-state index < -0.39 is 0 Å². The first-order valence-electron chi connectivity index (χ1n) is 3.97. The van der Waals surface area contributed by atoms with E-state index in [1.807, 2.05) is 0 Å². The van der Waals surface area contributed by atoms with E-state index in [4.69, 9.17) is 4.42 Å². The highest BCUT2D eigenvalue weighted by atomic mass is 16.3. The molecule has 1 heterocycles. The van der Waals surface area contributed by atoms with Crippen molar-refractivity contribution in [3.63, 3.8) is 0 Å². The Labute approximate surface area is 79.2 Å². The highest BCUT2D eigenvalue weighted by molar-refractivity contribution is 5.79. The minimum absolute atomic E-state index is 0.101. The zero-order chi connectivity index (χ0) is 9.97. The Morgan fingerprint density at radius 3 is 2.86 bits per heavy atom. The first-order chi connectivity index (χ1) is 6.81. The van der Waals surface area contributed by atoms with E-state index in [9.17, 15) is 9.59 Å². The summed E-state index contributed by atoms with van der Waals surface area (Å²) in [6, 6.07) is 8.04. The number of amides is 1. The number of nitrogens with one attached hydrogen (secondary N) is 1. The van der Waals surface area contributed by atoms with Crippen molar-refractivity contribution < 1.29 is 9.21 Å². The lowest BCUT2D eigenvalue weighted by molar-refractivity contribution is 0.556. The van der Waals surface area contributed by atoms with Crippen molar-refractivity contribution in [1.29, 1.82) is 0 Å². The molecule has 1 N–H and O–H groups in total. The van der Waals surface area contributed by atoms with Crippen LogP contribution in [0.2, 0.25) is 0 Å². The van der Waals surface area contributed by atoms with Crippen molar-refractivity contribution in [3.8, 4) is 0 Å². The molecule has 0 spiro atoms. The minimum Gasteiger partial charge on any atom is -0.440 e. The predicted molar refractivity (Wildman–Crippen MR) is 51.8 cm³/mol. The summed E-state index contributed by atoms with van der Waals surface area (Å²) in [7, 11) is 0. The predicted octanol–water partition coefficient (Wildman–Crippen LogP) is 1.27. The molecule has 2 rings (SSSR count). The first kappa shape index (κ1) is 8.50. The van der Waals surface area contributed by atoms with Gasteiger partial charge in [0.25, 0.3) is 0 Å². The van der Waals surface area contributed by atoms with Crippen LogP contribution in [0.4, 0.5) is 5.88 Å². The Bertz CT molecular complexity index is 530. The molecule has 4 nitrogen and oxygen atoms in total. The third-order valence-corrected chi connectivity index (χ3v) is 1.81. The molecule has 0 saturated heterocycles. The third kappa shape index (κ3) is 1.37. The Balaban J connectivity index is 2.72. The fourth-order valence-corrected chi connectivity index (χ4v) is 1.22. The number of fused-ring (bicyclic) bond motifs is 1. The van der Waals surface area contributed by atoms with Gasteiger partial charge >= 0.3 is 6.41 Å². The zero-order valence-corrected chi connectivity index (χ0v) is 7.11. The lowest BCUT2D eigenvalue weighted by Gasteiger charge is -1.98. The van der Waals surface area contributed by atoms with Gasteiger partial charge in [0, 0.05) is 6.07 Å². The molecule has 1 aromatic heterocycles. The van der Waals surface area contributed by atoms with Gasteiger partial charge in [-0.1, -0.05) is 12.1 Å². The molecule has 0 atom stereocenters. The molecule has 1 radical (unpaired) electrons. The van der Waals surface area contributed by atoms with Crippen LogP contribution in [-0.4, -0.2) is 6.41 Å². The van der Waals surface area contributed by atoms with Gasteiger partial charge in [-0.05, 0) is 12.1 Å². The van der Waals surface area contributed by atoms with E-state index in [-0.39, 0.29) is 11.3 Å². The summed E-state index contributed by atoms with van der Waals surface area (Å²) in [5.74, 6) is 0.101. The van der Waals surface area contributed by atoms with Crippen LogP contribution in [0.5, 0.6) is 0 Å². The van der Waals surface area contributed by atoms with E-state index >= 15 is 0 Å². The molecule has 0 aliphatic carbocycles. The van der Waals surface area contributed by atoms with Crippen LogP contribution in [0.3, 0.4) is 0 Å². The molecule has 69 valence electrons. The van der Waals surface area contributed by atoms with Crippen LogP contribution in [0.15, 0.2) is 39.5 Å². The first-order valence-corrected chi connectivity index (χ1v) is 3.97. The van der Waals surface area contributed by atoms with Crippen molar-refractivity contribution in [1.82, 2.24) is 0 Å². The number of para-hydroxylation sites is 1. The van der Waals surface area contributed by atoms with Gasteiger partial charge in [-0.15, -0.1) is 0 Å². The third-order valence-electron chi connectivity index (χ3n) is 1.81. The van der Waals surface area contributed by atoms with Gasteiger partial charge in [-0.3, -0.25) is 14.9 Å². The van der Waals surface area contributed by atoms with E-state index in [2.05, 4.69) is 5.32 Å². The van der Waals surface area contributed by atoms with Gasteiger partial charge in [0.2, 0.25) is 5.88 Å². The summed E-state index contributed by atoms with van der Waals surface area (Å²) in [4.78, 5) is 21.5. The molecule has 1 amide bonds. The van der Waals surface area contributed by atoms with Crippen molar-refractivity contribution >= 4 is 23.3 Å². The van der Waals surface area contributed by atoms with Crippen molar-refractivity contribution in [3.05, 3.63) is 40.6 Å². The second kappa shape index (κ2) is 3.33. The van der Waals surface area contributed by atoms with E-state index in [1.54, 1.807) is 24.3 Å². The number of anilines is 1. The molecule has 14 heavy (non-hydrogen) atoms. The van der Waals surface area contributed by atoms with Crippen molar-refractivity contribution in [2.24, 2.45) is 0 Å². The summed E-state index contributed by atoms with van der Waals surface area (Å²) in [6.45, 7) is 0. The Hall–Kier alpha value is -2.10. The molecule has 0 bridgehead atoms. The fourth-order valence-electron chi connectivity index (χ4n) is 1.22. The second-order valence-electron chi connectivity index (χ2n) is 2.70. The zero-order valence-electron chi connectivity index (χ0n) is 7.11. The minimum atomic E-state index is -0.190. The summed E-state index contributed by atoms with van der Waals surface area (Å²) < 4.78 is 5.21. The Morgan fingerprint density at radius 2 is 2.07 bits per heavy atom. The topological polar surface area (TPSA) is 59.3 Å². The number of hydrogen-bond acceptors (Lipinski definition) is 3. The summed E-state index contributed by atoms with van der Waals surface area (Å²) >= 11 is 0. The summed E-state index contributed by atoms with van der Waals surface area (Å²) in [6.07, 6.45) is 1.44. The Kier molecular flexibility index (Phi) is 2.02. The van der Waals surface area contributed by atoms with E-state index in [0.717, 1.165) is 0 Å². The van der Waals surface area contributed by atoms with E-state index in [1.165, 1.54) is 12.5 Å². The van der Waals surface area contributed by atoms with Crippen LogP contribution >= 0.6 is 0 Å². The quantitative estimate of drug-likeness (QED) is 0.722. The highest BCUT2D eigenvalue weighted by Gasteiger charge is 2.02. The van der Waals surface area contributed by atoms with Gasteiger partial charge in [-0.25, -0.2) is 0 Å². The van der Waals surface area contributed by atoms with Crippen molar-refractivity contribution in [2.45, 2.75) is 0 Å². The number of hydrogen-bond donors (Lipinski definition) is 1. The number of benzene rings is 1. The molecule has 0 fully saturated rings. The molecule has 0 aliphatic rings. The smallest absolute Gasteiger partial charge is 0.316 e. The molecular weight excluding hydrogens is 182 g/mol. The largest absolute Gasteiger partial charge is 0.440 e. The molecule has 0 aliphatic heterocycles. The lowest BCUT2D eigenvalue weighted by Crippen LogP contribution is -2.03. The average Bonchev–Trinajstić information content (AvgIpc) is 2.18. The molecular formula is C10H6NO3. The van der Waals surface area contributed by atoms with Crippen LogP contribution in [0.1, 0.15) is 0 Å². The van der Waals surface area contributed by atoms with Gasteiger partial charge in [-0.2, -0.15) is 0 Å². The summed E-state index contributed by atoms with van der Waals surface area (Å²) in [5.41, 5.74) is 0.252. The SMILES string of the molecule is O=[C]Nc1cc(=O)c2ccccc2o1. The monoisotopic (exact) mass is 188 g/mol. The van der Waals surface area contributed by atoms with Crippen LogP contribution in [0, 0.1) is 0 Å². The standard InChI is InChI=1S/C10H6NO3/c12-6-11-10-5-8(13)7-3-1-2-4-9(7)14-10/h1-5H,(H,11,12). The second-order valence-corrected chi connectivity index (χ2v) is 2.70.